The second kappa shape index (κ2) is 5.38. The van der Waals surface area contributed by atoms with Crippen molar-refractivity contribution in [3.8, 4) is 0 Å². The fraction of sp³-hybridized carbons (Fsp3) is 0.643. The van der Waals surface area contributed by atoms with E-state index in [0.29, 0.717) is 25.0 Å². The van der Waals surface area contributed by atoms with Crippen LogP contribution >= 0.6 is 0 Å². The van der Waals surface area contributed by atoms with Crippen LogP contribution in [0, 0.1) is 0 Å². The van der Waals surface area contributed by atoms with E-state index in [2.05, 4.69) is 22.3 Å². The van der Waals surface area contributed by atoms with Gasteiger partial charge in [0.2, 0.25) is 11.9 Å². The maximum atomic E-state index is 11.7. The Balaban J connectivity index is 1.69. The van der Waals surface area contributed by atoms with Gasteiger partial charge in [-0.15, -0.1) is 0 Å². The maximum Gasteiger partial charge on any atom is 0.220 e. The van der Waals surface area contributed by atoms with E-state index in [-0.39, 0.29) is 5.91 Å². The molecule has 21 heavy (non-hydrogen) atoms. The summed E-state index contributed by atoms with van der Waals surface area (Å²) in [5.41, 5.74) is 8.78. The van der Waals surface area contributed by atoms with Crippen molar-refractivity contribution in [2.75, 3.05) is 5.73 Å². The lowest BCUT2D eigenvalue weighted by Crippen LogP contribution is -2.25. The average molecular weight is 290 g/mol. The summed E-state index contributed by atoms with van der Waals surface area (Å²) in [4.78, 5) is 16.1. The molecule has 0 bridgehead atoms. The van der Waals surface area contributed by atoms with E-state index >= 15 is 0 Å². The number of imidazole rings is 1. The highest BCUT2D eigenvalue weighted by Gasteiger charge is 2.23. The molecule has 0 atom stereocenters. The van der Waals surface area contributed by atoms with Crippen molar-refractivity contribution in [1.29, 1.82) is 0 Å². The summed E-state index contributed by atoms with van der Waals surface area (Å²) in [6.07, 6.45) is 4.35. The molecule has 0 spiro atoms. The van der Waals surface area contributed by atoms with Crippen molar-refractivity contribution in [2.45, 2.75) is 51.6 Å². The minimum atomic E-state index is 0.131. The van der Waals surface area contributed by atoms with Crippen molar-refractivity contribution < 1.29 is 4.79 Å². The summed E-state index contributed by atoms with van der Waals surface area (Å²) in [7, 11) is 1.90. The second-order valence-electron chi connectivity index (χ2n) is 5.66. The van der Waals surface area contributed by atoms with Gasteiger partial charge in [0.25, 0.3) is 0 Å². The molecule has 0 aliphatic heterocycles. The maximum absolute atomic E-state index is 11.7. The average Bonchev–Trinajstić information content (AvgIpc) is 3.12. The molecule has 0 aromatic carbocycles. The van der Waals surface area contributed by atoms with E-state index in [1.165, 1.54) is 0 Å². The van der Waals surface area contributed by atoms with Crippen LogP contribution < -0.4 is 11.1 Å². The number of nitrogens with two attached hydrogens (primary N) is 1. The number of nitrogen functional groups attached to an aromatic ring is 1. The fourth-order valence-electron chi connectivity index (χ4n) is 2.64. The molecule has 2 aromatic heterocycles. The van der Waals surface area contributed by atoms with Gasteiger partial charge in [0.1, 0.15) is 5.52 Å². The van der Waals surface area contributed by atoms with Gasteiger partial charge in [-0.1, -0.05) is 6.92 Å². The molecule has 3 rings (SSSR count). The SMILES string of the molecule is CCc1nn(C)c2c1nc(N)n2CCCC(=O)NC1CC1. The Kier molecular flexibility index (Phi) is 3.57. The molecule has 7 nitrogen and oxygen atoms in total. The van der Waals surface area contributed by atoms with E-state index in [1.807, 2.05) is 16.3 Å². The number of carbonyl (C=O) groups is 1. The van der Waals surface area contributed by atoms with E-state index in [1.54, 1.807) is 0 Å². The van der Waals surface area contributed by atoms with Crippen molar-refractivity contribution in [3.63, 3.8) is 0 Å². The molecular formula is C14H22N6O. The number of amides is 1. The molecule has 1 saturated carbocycles. The Labute approximate surface area is 123 Å². The van der Waals surface area contributed by atoms with Crippen LogP contribution in [0.1, 0.15) is 38.3 Å². The van der Waals surface area contributed by atoms with E-state index in [0.717, 1.165) is 42.5 Å². The summed E-state index contributed by atoms with van der Waals surface area (Å²) in [6.45, 7) is 2.74. The predicted octanol–water partition coefficient (Wildman–Crippen LogP) is 0.973. The van der Waals surface area contributed by atoms with Gasteiger partial charge in [0.15, 0.2) is 5.65 Å². The summed E-state index contributed by atoms with van der Waals surface area (Å²) < 4.78 is 3.77. The van der Waals surface area contributed by atoms with Crippen LogP contribution in [0.25, 0.3) is 11.2 Å². The van der Waals surface area contributed by atoms with Crippen LogP contribution in [0.4, 0.5) is 5.95 Å². The standard InChI is InChI=1S/C14H22N6O/c1-3-10-12-13(19(2)18-10)20(14(15)17-12)8-4-5-11(21)16-9-6-7-9/h9H,3-8H2,1-2H3,(H2,15,17)(H,16,21). The van der Waals surface area contributed by atoms with E-state index in [4.69, 9.17) is 5.73 Å². The monoisotopic (exact) mass is 290 g/mol. The molecule has 0 radical (unpaired) electrons. The second-order valence-corrected chi connectivity index (χ2v) is 5.66. The van der Waals surface area contributed by atoms with Crippen LogP contribution in [-0.4, -0.2) is 31.3 Å². The minimum absolute atomic E-state index is 0.131. The van der Waals surface area contributed by atoms with Gasteiger partial charge >= 0.3 is 0 Å². The number of hydrogen-bond acceptors (Lipinski definition) is 4. The number of hydrogen-bond donors (Lipinski definition) is 2. The van der Waals surface area contributed by atoms with Gasteiger partial charge in [0.05, 0.1) is 5.69 Å². The molecular weight excluding hydrogens is 268 g/mol. The third-order valence-electron chi connectivity index (χ3n) is 3.88. The molecule has 7 heteroatoms. The van der Waals surface area contributed by atoms with Crippen molar-refractivity contribution >= 4 is 23.0 Å². The van der Waals surface area contributed by atoms with Crippen molar-refractivity contribution in [2.24, 2.45) is 7.05 Å². The van der Waals surface area contributed by atoms with Crippen molar-refractivity contribution in [1.82, 2.24) is 24.6 Å². The molecule has 1 aliphatic carbocycles. The number of fused-ring (bicyclic) bond motifs is 1. The number of rotatable bonds is 6. The summed E-state index contributed by atoms with van der Waals surface area (Å²) in [5.74, 6) is 0.627. The Hall–Kier alpha value is -2.05. The lowest BCUT2D eigenvalue weighted by Gasteiger charge is -2.07. The largest absolute Gasteiger partial charge is 0.369 e. The van der Waals surface area contributed by atoms with Crippen LogP contribution in [0.5, 0.6) is 0 Å². The number of anilines is 1. The Morgan fingerprint density at radius 2 is 2.24 bits per heavy atom. The van der Waals surface area contributed by atoms with E-state index in [9.17, 15) is 4.79 Å². The Morgan fingerprint density at radius 3 is 2.90 bits per heavy atom. The molecule has 1 fully saturated rings. The highest BCUT2D eigenvalue weighted by molar-refractivity contribution is 5.78. The van der Waals surface area contributed by atoms with Gasteiger partial charge < -0.3 is 11.1 Å². The first-order valence-electron chi connectivity index (χ1n) is 7.57. The first kappa shape index (κ1) is 13.9. The van der Waals surface area contributed by atoms with Gasteiger partial charge in [-0.2, -0.15) is 5.10 Å². The topological polar surface area (TPSA) is 90.8 Å². The number of aromatic nitrogens is 4. The third kappa shape index (κ3) is 2.72. The van der Waals surface area contributed by atoms with Crippen LogP contribution in [0.3, 0.4) is 0 Å². The number of nitrogens with one attached hydrogen (secondary N) is 1. The lowest BCUT2D eigenvalue weighted by atomic mass is 10.3. The first-order chi connectivity index (χ1) is 10.1. The van der Waals surface area contributed by atoms with Crippen LogP contribution in [-0.2, 0) is 24.8 Å². The minimum Gasteiger partial charge on any atom is -0.369 e. The zero-order valence-electron chi connectivity index (χ0n) is 12.6. The molecule has 2 aromatic rings. The summed E-state index contributed by atoms with van der Waals surface area (Å²) in [5, 5.41) is 7.46. The summed E-state index contributed by atoms with van der Waals surface area (Å²) >= 11 is 0. The van der Waals surface area contributed by atoms with Gasteiger partial charge in [0, 0.05) is 26.1 Å². The van der Waals surface area contributed by atoms with Crippen LogP contribution in [0.15, 0.2) is 0 Å². The van der Waals surface area contributed by atoms with E-state index < -0.39 is 0 Å². The molecule has 2 heterocycles. The first-order valence-corrected chi connectivity index (χ1v) is 7.57. The smallest absolute Gasteiger partial charge is 0.220 e. The highest BCUT2D eigenvalue weighted by atomic mass is 16.1. The highest BCUT2D eigenvalue weighted by Crippen LogP contribution is 2.22. The Bertz CT molecular complexity index is 667. The normalized spacial score (nSPS) is 14.8. The molecule has 3 N–H and O–H groups in total. The molecule has 0 unspecified atom stereocenters. The quantitative estimate of drug-likeness (QED) is 0.829. The number of nitrogens with zero attached hydrogens (tertiary/aromatic N) is 4. The summed E-state index contributed by atoms with van der Waals surface area (Å²) in [6, 6.07) is 0.423. The van der Waals surface area contributed by atoms with Gasteiger partial charge in [-0.25, -0.2) is 4.98 Å². The van der Waals surface area contributed by atoms with Gasteiger partial charge in [-0.3, -0.25) is 14.0 Å². The fourth-order valence-corrected chi connectivity index (χ4v) is 2.64. The zero-order valence-corrected chi connectivity index (χ0v) is 12.6. The lowest BCUT2D eigenvalue weighted by molar-refractivity contribution is -0.121. The van der Waals surface area contributed by atoms with Gasteiger partial charge in [-0.05, 0) is 25.7 Å². The van der Waals surface area contributed by atoms with Crippen molar-refractivity contribution in [3.05, 3.63) is 5.69 Å². The molecule has 114 valence electrons. The number of carbonyl (C=O) groups excluding carboxylic acids is 1. The molecule has 0 saturated heterocycles. The molecule has 1 amide bonds. The number of aryl methyl sites for hydroxylation is 3. The van der Waals surface area contributed by atoms with Crippen LogP contribution in [0.2, 0.25) is 0 Å². The predicted molar refractivity (Wildman–Crippen MR) is 80.7 cm³/mol. The Morgan fingerprint density at radius 1 is 1.48 bits per heavy atom. The zero-order chi connectivity index (χ0) is 15.0. The third-order valence-corrected chi connectivity index (χ3v) is 3.88. The molecule has 1 aliphatic rings.